The number of carbonyl (C=O) groups excluding carboxylic acids is 1. The fraction of sp³-hybridized carbons (Fsp3) is 0.526. The quantitative estimate of drug-likeness (QED) is 0.763. The molecule has 1 aromatic rings. The maximum atomic E-state index is 12.6. The summed E-state index contributed by atoms with van der Waals surface area (Å²) in [6.07, 6.45) is 3.79. The van der Waals surface area contributed by atoms with E-state index < -0.39 is 5.54 Å². The van der Waals surface area contributed by atoms with Gasteiger partial charge in [-0.25, -0.2) is 0 Å². The molecule has 1 aliphatic heterocycles. The van der Waals surface area contributed by atoms with E-state index in [4.69, 9.17) is 11.6 Å². The van der Waals surface area contributed by atoms with E-state index in [2.05, 4.69) is 12.2 Å². The molecule has 1 aromatic carbocycles. The van der Waals surface area contributed by atoms with Crippen LogP contribution >= 0.6 is 11.6 Å². The lowest BCUT2D eigenvalue weighted by atomic mass is 9.75. The number of benzene rings is 1. The predicted octanol–water partition coefficient (Wildman–Crippen LogP) is 4.94. The second-order valence-electron chi connectivity index (χ2n) is 6.88. The van der Waals surface area contributed by atoms with Crippen LogP contribution in [0.1, 0.15) is 56.7 Å². The number of carbonyl (C=O) groups is 1. The first-order valence-corrected chi connectivity index (χ1v) is 8.25. The van der Waals surface area contributed by atoms with Crippen molar-refractivity contribution in [1.29, 1.82) is 0 Å². The van der Waals surface area contributed by atoms with Crippen molar-refractivity contribution >= 4 is 23.1 Å². The molecule has 126 valence electrons. The number of nitrogens with one attached hydrogen (secondary N) is 1. The van der Waals surface area contributed by atoms with E-state index in [1.807, 2.05) is 26.0 Å². The molecule has 0 saturated heterocycles. The maximum Gasteiger partial charge on any atom is 0.256 e. The minimum absolute atomic E-state index is 0. The summed E-state index contributed by atoms with van der Waals surface area (Å²) >= 11 is 6.15. The van der Waals surface area contributed by atoms with E-state index >= 15 is 0 Å². The number of aliphatic hydroxyl groups is 1. The normalized spacial score (nSPS) is 27.1. The van der Waals surface area contributed by atoms with Gasteiger partial charge in [-0.15, -0.1) is 0 Å². The molecule has 2 N–H and O–H groups in total. The zero-order valence-electron chi connectivity index (χ0n) is 13.3. The fourth-order valence-corrected chi connectivity index (χ4v) is 4.08. The highest BCUT2D eigenvalue weighted by atomic mass is 35.5. The Balaban J connectivity index is 0.00000192. The van der Waals surface area contributed by atoms with Crippen LogP contribution in [0.25, 0.3) is 5.57 Å². The highest BCUT2D eigenvalue weighted by Gasteiger charge is 2.48. The van der Waals surface area contributed by atoms with E-state index in [1.165, 1.54) is 0 Å². The highest BCUT2D eigenvalue weighted by molar-refractivity contribution is 6.31. The van der Waals surface area contributed by atoms with E-state index in [1.54, 1.807) is 0 Å². The Hall–Kier alpha value is -1.48. The number of aryl methyl sites for hydroxylation is 2. The lowest BCUT2D eigenvalue weighted by Gasteiger charge is -2.36. The van der Waals surface area contributed by atoms with Crippen molar-refractivity contribution < 1.29 is 9.90 Å². The minimum atomic E-state index is -0.565. The Labute approximate surface area is 143 Å². The Kier molecular flexibility index (Phi) is 4.81. The average Bonchev–Trinajstić information content (AvgIpc) is 2.65. The van der Waals surface area contributed by atoms with Crippen molar-refractivity contribution in [1.82, 2.24) is 5.32 Å². The first kappa shape index (κ1) is 17.9. The van der Waals surface area contributed by atoms with Gasteiger partial charge in [0.1, 0.15) is 5.76 Å². The molecule has 2 atom stereocenters. The summed E-state index contributed by atoms with van der Waals surface area (Å²) in [5.74, 6) is 0.550. The summed E-state index contributed by atoms with van der Waals surface area (Å²) in [5, 5.41) is 14.6. The summed E-state index contributed by atoms with van der Waals surface area (Å²) in [6, 6.07) is 3.75. The average molecular weight is 336 g/mol. The van der Waals surface area contributed by atoms with Crippen LogP contribution in [0.2, 0.25) is 5.02 Å². The van der Waals surface area contributed by atoms with Gasteiger partial charge < -0.3 is 10.4 Å². The molecule has 4 heteroatoms. The molecule has 2 aliphatic rings. The standard InChI is InChI=1S/C18H22ClNO2.CH4/c1-10-5-4-6-18(9-10)16(21)15(17(22)20-18)13-7-12(3)14(19)8-11(13)2;/h7-8,10,21H,4-6,9H2,1-3H3,(H,20,22);1H4. The van der Waals surface area contributed by atoms with Gasteiger partial charge in [-0.1, -0.05) is 38.8 Å². The van der Waals surface area contributed by atoms with Crippen molar-refractivity contribution in [3.05, 3.63) is 39.6 Å². The lowest BCUT2D eigenvalue weighted by molar-refractivity contribution is -0.116. The number of hydrogen-bond acceptors (Lipinski definition) is 2. The highest BCUT2D eigenvalue weighted by Crippen LogP contribution is 2.43. The van der Waals surface area contributed by atoms with Crippen molar-refractivity contribution in [2.45, 2.75) is 59.4 Å². The molecule has 1 aliphatic carbocycles. The first-order chi connectivity index (χ1) is 10.3. The van der Waals surface area contributed by atoms with E-state index in [0.29, 0.717) is 16.5 Å². The molecule has 0 bridgehead atoms. The number of halogens is 1. The Bertz CT molecular complexity index is 680. The van der Waals surface area contributed by atoms with Gasteiger partial charge in [0.25, 0.3) is 5.91 Å². The predicted molar refractivity (Wildman–Crippen MR) is 95.7 cm³/mol. The van der Waals surface area contributed by atoms with Gasteiger partial charge in [-0.2, -0.15) is 0 Å². The Morgan fingerprint density at radius 1 is 1.30 bits per heavy atom. The SMILES string of the molecule is C.Cc1cc(C2=C(O)C3(CCCC(C)C3)NC2=O)c(C)cc1Cl. The molecule has 1 heterocycles. The molecule has 1 spiro atoms. The number of amides is 1. The van der Waals surface area contributed by atoms with Gasteiger partial charge in [0.2, 0.25) is 0 Å². The van der Waals surface area contributed by atoms with Gasteiger partial charge in [0.15, 0.2) is 0 Å². The van der Waals surface area contributed by atoms with E-state index in [0.717, 1.165) is 42.4 Å². The second-order valence-corrected chi connectivity index (χ2v) is 7.28. The van der Waals surface area contributed by atoms with Crippen LogP contribution in [-0.2, 0) is 4.79 Å². The third kappa shape index (κ3) is 2.87. The molecular weight excluding hydrogens is 310 g/mol. The summed E-state index contributed by atoms with van der Waals surface area (Å²) in [5.41, 5.74) is 2.46. The summed E-state index contributed by atoms with van der Waals surface area (Å²) in [6.45, 7) is 6.01. The van der Waals surface area contributed by atoms with Gasteiger partial charge in [-0.3, -0.25) is 4.79 Å². The molecule has 1 saturated carbocycles. The number of hydrogen-bond donors (Lipinski definition) is 2. The zero-order chi connectivity index (χ0) is 16.1. The maximum absolute atomic E-state index is 12.6. The molecule has 1 fully saturated rings. The molecule has 1 amide bonds. The summed E-state index contributed by atoms with van der Waals surface area (Å²) < 4.78 is 0. The van der Waals surface area contributed by atoms with E-state index in [-0.39, 0.29) is 19.1 Å². The third-order valence-electron chi connectivity index (χ3n) is 5.04. The van der Waals surface area contributed by atoms with Crippen LogP contribution in [0.4, 0.5) is 0 Å². The van der Waals surface area contributed by atoms with Crippen LogP contribution in [0.15, 0.2) is 17.9 Å². The number of rotatable bonds is 1. The Morgan fingerprint density at radius 3 is 2.65 bits per heavy atom. The summed E-state index contributed by atoms with van der Waals surface area (Å²) in [7, 11) is 0. The fourth-order valence-electron chi connectivity index (χ4n) is 3.87. The van der Waals surface area contributed by atoms with Crippen molar-refractivity contribution in [2.24, 2.45) is 5.92 Å². The first-order valence-electron chi connectivity index (χ1n) is 7.87. The minimum Gasteiger partial charge on any atom is -0.509 e. The van der Waals surface area contributed by atoms with Gasteiger partial charge in [0, 0.05) is 5.02 Å². The van der Waals surface area contributed by atoms with Gasteiger partial charge >= 0.3 is 0 Å². The summed E-state index contributed by atoms with van der Waals surface area (Å²) in [4.78, 5) is 12.6. The van der Waals surface area contributed by atoms with Gasteiger partial charge in [0.05, 0.1) is 11.1 Å². The van der Waals surface area contributed by atoms with Crippen LogP contribution < -0.4 is 5.32 Å². The smallest absolute Gasteiger partial charge is 0.256 e. The second kappa shape index (κ2) is 6.20. The molecular formula is C19H26ClNO2. The monoisotopic (exact) mass is 335 g/mol. The zero-order valence-corrected chi connectivity index (χ0v) is 14.0. The molecule has 23 heavy (non-hydrogen) atoms. The molecule has 0 radical (unpaired) electrons. The molecule has 0 aromatic heterocycles. The Morgan fingerprint density at radius 2 is 2.00 bits per heavy atom. The van der Waals surface area contributed by atoms with Gasteiger partial charge in [-0.05, 0) is 61.4 Å². The molecule has 2 unspecified atom stereocenters. The number of aliphatic hydroxyl groups excluding tert-OH is 1. The molecule has 3 nitrogen and oxygen atoms in total. The van der Waals surface area contributed by atoms with Crippen molar-refractivity contribution in [2.75, 3.05) is 0 Å². The van der Waals surface area contributed by atoms with Crippen molar-refractivity contribution in [3.63, 3.8) is 0 Å². The molecule has 3 rings (SSSR count). The van der Waals surface area contributed by atoms with Crippen LogP contribution in [0.3, 0.4) is 0 Å². The largest absolute Gasteiger partial charge is 0.509 e. The topological polar surface area (TPSA) is 49.3 Å². The van der Waals surface area contributed by atoms with Crippen LogP contribution in [-0.4, -0.2) is 16.6 Å². The van der Waals surface area contributed by atoms with Crippen LogP contribution in [0, 0.1) is 19.8 Å². The van der Waals surface area contributed by atoms with E-state index in [9.17, 15) is 9.90 Å². The lowest BCUT2D eigenvalue weighted by Crippen LogP contribution is -2.47. The third-order valence-corrected chi connectivity index (χ3v) is 5.45. The van der Waals surface area contributed by atoms with Crippen molar-refractivity contribution in [3.8, 4) is 0 Å². The van der Waals surface area contributed by atoms with Crippen LogP contribution in [0.5, 0.6) is 0 Å².